The SMILES string of the molecule is CCNC(CC1CCCCO1)c1cc2cc(Cl)ccc2o1. The molecule has 2 aromatic rings. The summed E-state index contributed by atoms with van der Waals surface area (Å²) in [5.74, 6) is 0.975. The van der Waals surface area contributed by atoms with E-state index >= 15 is 0 Å². The van der Waals surface area contributed by atoms with E-state index in [0.717, 1.165) is 47.7 Å². The lowest BCUT2D eigenvalue weighted by Gasteiger charge is -2.26. The Morgan fingerprint density at radius 3 is 3.00 bits per heavy atom. The van der Waals surface area contributed by atoms with Gasteiger partial charge >= 0.3 is 0 Å². The fraction of sp³-hybridized carbons (Fsp3) is 0.529. The predicted octanol–water partition coefficient (Wildman–Crippen LogP) is 4.70. The first-order chi connectivity index (χ1) is 10.3. The van der Waals surface area contributed by atoms with Gasteiger partial charge in [-0.15, -0.1) is 0 Å². The highest BCUT2D eigenvalue weighted by Crippen LogP contribution is 2.30. The molecule has 4 heteroatoms. The number of hydrogen-bond acceptors (Lipinski definition) is 3. The molecule has 2 atom stereocenters. The smallest absolute Gasteiger partial charge is 0.134 e. The average Bonchev–Trinajstić information content (AvgIpc) is 2.91. The molecule has 1 aliphatic rings. The monoisotopic (exact) mass is 307 g/mol. The standard InChI is InChI=1S/C17H22ClNO2/c1-2-19-15(11-14-5-3-4-8-20-14)17-10-12-9-13(18)6-7-16(12)21-17/h6-7,9-10,14-15,19H,2-5,8,11H2,1H3. The molecule has 1 aromatic heterocycles. The van der Waals surface area contributed by atoms with Crippen LogP contribution in [0.15, 0.2) is 28.7 Å². The first kappa shape index (κ1) is 14.9. The Bertz CT molecular complexity index is 589. The number of benzene rings is 1. The summed E-state index contributed by atoms with van der Waals surface area (Å²) in [4.78, 5) is 0. The van der Waals surface area contributed by atoms with Crippen molar-refractivity contribution < 1.29 is 9.15 Å². The van der Waals surface area contributed by atoms with Gasteiger partial charge in [0, 0.05) is 17.0 Å². The Kier molecular flexibility index (Phi) is 4.84. The van der Waals surface area contributed by atoms with Crippen LogP contribution in [0.5, 0.6) is 0 Å². The van der Waals surface area contributed by atoms with Crippen LogP contribution in [-0.4, -0.2) is 19.3 Å². The lowest BCUT2D eigenvalue weighted by atomic mass is 10.00. The van der Waals surface area contributed by atoms with Crippen LogP contribution >= 0.6 is 11.6 Å². The van der Waals surface area contributed by atoms with Crippen LogP contribution in [-0.2, 0) is 4.74 Å². The maximum Gasteiger partial charge on any atom is 0.134 e. The van der Waals surface area contributed by atoms with Crippen LogP contribution in [0.4, 0.5) is 0 Å². The zero-order valence-electron chi connectivity index (χ0n) is 12.4. The highest BCUT2D eigenvalue weighted by molar-refractivity contribution is 6.31. The summed E-state index contributed by atoms with van der Waals surface area (Å²) in [6.45, 7) is 3.92. The van der Waals surface area contributed by atoms with Crippen LogP contribution in [0.2, 0.25) is 5.02 Å². The molecule has 0 radical (unpaired) electrons. The fourth-order valence-corrected chi connectivity index (χ4v) is 3.19. The van der Waals surface area contributed by atoms with Gasteiger partial charge in [0.2, 0.25) is 0 Å². The molecular weight excluding hydrogens is 286 g/mol. The van der Waals surface area contributed by atoms with Gasteiger partial charge in [-0.1, -0.05) is 18.5 Å². The first-order valence-corrected chi connectivity index (χ1v) is 8.18. The van der Waals surface area contributed by atoms with E-state index in [1.54, 1.807) is 0 Å². The molecule has 1 fully saturated rings. The van der Waals surface area contributed by atoms with Gasteiger partial charge in [0.15, 0.2) is 0 Å². The van der Waals surface area contributed by atoms with Gasteiger partial charge < -0.3 is 14.5 Å². The van der Waals surface area contributed by atoms with Gasteiger partial charge in [0.05, 0.1) is 12.1 Å². The van der Waals surface area contributed by atoms with E-state index < -0.39 is 0 Å². The van der Waals surface area contributed by atoms with Crippen molar-refractivity contribution in [2.45, 2.75) is 44.8 Å². The van der Waals surface area contributed by atoms with Crippen LogP contribution in [0.3, 0.4) is 0 Å². The molecule has 1 aromatic carbocycles. The van der Waals surface area contributed by atoms with Gasteiger partial charge in [-0.3, -0.25) is 0 Å². The van der Waals surface area contributed by atoms with E-state index in [2.05, 4.69) is 18.3 Å². The fourth-order valence-electron chi connectivity index (χ4n) is 3.01. The van der Waals surface area contributed by atoms with Crippen molar-refractivity contribution in [2.75, 3.05) is 13.2 Å². The highest BCUT2D eigenvalue weighted by atomic mass is 35.5. The Hall–Kier alpha value is -1.03. The van der Waals surface area contributed by atoms with E-state index in [4.69, 9.17) is 20.8 Å². The summed E-state index contributed by atoms with van der Waals surface area (Å²) in [7, 11) is 0. The second-order valence-electron chi connectivity index (χ2n) is 5.67. The third-order valence-electron chi connectivity index (χ3n) is 4.06. The Morgan fingerprint density at radius 2 is 2.24 bits per heavy atom. The zero-order chi connectivity index (χ0) is 14.7. The summed E-state index contributed by atoms with van der Waals surface area (Å²) in [6, 6.07) is 8.04. The second kappa shape index (κ2) is 6.82. The van der Waals surface area contributed by atoms with Crippen molar-refractivity contribution in [1.29, 1.82) is 0 Å². The van der Waals surface area contributed by atoms with Crippen molar-refractivity contribution in [3.63, 3.8) is 0 Å². The summed E-state index contributed by atoms with van der Waals surface area (Å²) in [6.07, 6.45) is 4.89. The third kappa shape index (κ3) is 3.60. The Morgan fingerprint density at radius 1 is 1.33 bits per heavy atom. The third-order valence-corrected chi connectivity index (χ3v) is 4.30. The predicted molar refractivity (Wildman–Crippen MR) is 85.8 cm³/mol. The van der Waals surface area contributed by atoms with Crippen molar-refractivity contribution >= 4 is 22.6 Å². The van der Waals surface area contributed by atoms with Gasteiger partial charge in [0.25, 0.3) is 0 Å². The molecule has 0 saturated carbocycles. The maximum atomic E-state index is 6.05. The normalized spacial score (nSPS) is 20.8. The Labute approximate surface area is 130 Å². The number of rotatable bonds is 5. The number of ether oxygens (including phenoxy) is 1. The summed E-state index contributed by atoms with van der Waals surface area (Å²) >= 11 is 6.05. The van der Waals surface area contributed by atoms with Crippen LogP contribution in [0.25, 0.3) is 11.0 Å². The molecule has 3 rings (SSSR count). The average molecular weight is 308 g/mol. The number of halogens is 1. The van der Waals surface area contributed by atoms with Crippen LogP contribution in [0, 0.1) is 0 Å². The summed E-state index contributed by atoms with van der Waals surface area (Å²) in [5, 5.41) is 5.32. The molecule has 1 saturated heterocycles. The lowest BCUT2D eigenvalue weighted by Crippen LogP contribution is -2.28. The topological polar surface area (TPSA) is 34.4 Å². The molecule has 0 spiro atoms. The molecule has 2 unspecified atom stereocenters. The van der Waals surface area contributed by atoms with Crippen LogP contribution in [0.1, 0.15) is 44.4 Å². The maximum absolute atomic E-state index is 6.05. The molecule has 114 valence electrons. The molecule has 0 amide bonds. The number of nitrogens with one attached hydrogen (secondary N) is 1. The van der Waals surface area contributed by atoms with E-state index in [1.807, 2.05) is 18.2 Å². The summed E-state index contributed by atoms with van der Waals surface area (Å²) in [5.41, 5.74) is 0.891. The minimum atomic E-state index is 0.198. The van der Waals surface area contributed by atoms with E-state index in [1.165, 1.54) is 12.8 Å². The van der Waals surface area contributed by atoms with E-state index in [0.29, 0.717) is 6.10 Å². The largest absolute Gasteiger partial charge is 0.459 e. The van der Waals surface area contributed by atoms with Crippen molar-refractivity contribution in [2.24, 2.45) is 0 Å². The molecule has 0 bridgehead atoms. The van der Waals surface area contributed by atoms with E-state index in [-0.39, 0.29) is 6.04 Å². The molecule has 21 heavy (non-hydrogen) atoms. The minimum absolute atomic E-state index is 0.198. The lowest BCUT2D eigenvalue weighted by molar-refractivity contribution is 0.00392. The van der Waals surface area contributed by atoms with Crippen molar-refractivity contribution in [3.8, 4) is 0 Å². The molecule has 1 aliphatic heterocycles. The Balaban J connectivity index is 1.80. The number of furan rings is 1. The zero-order valence-corrected chi connectivity index (χ0v) is 13.2. The molecule has 1 N–H and O–H groups in total. The van der Waals surface area contributed by atoms with E-state index in [9.17, 15) is 0 Å². The van der Waals surface area contributed by atoms with Gasteiger partial charge in [0.1, 0.15) is 11.3 Å². The second-order valence-corrected chi connectivity index (χ2v) is 6.10. The van der Waals surface area contributed by atoms with Gasteiger partial charge in [-0.2, -0.15) is 0 Å². The summed E-state index contributed by atoms with van der Waals surface area (Å²) < 4.78 is 11.9. The van der Waals surface area contributed by atoms with Gasteiger partial charge in [-0.05, 0) is 56.5 Å². The first-order valence-electron chi connectivity index (χ1n) is 7.80. The van der Waals surface area contributed by atoms with Gasteiger partial charge in [-0.25, -0.2) is 0 Å². The van der Waals surface area contributed by atoms with Crippen molar-refractivity contribution in [1.82, 2.24) is 5.32 Å². The molecule has 0 aliphatic carbocycles. The highest BCUT2D eigenvalue weighted by Gasteiger charge is 2.22. The quantitative estimate of drug-likeness (QED) is 0.869. The molecular formula is C17H22ClNO2. The van der Waals surface area contributed by atoms with Crippen molar-refractivity contribution in [3.05, 3.63) is 35.0 Å². The molecule has 3 nitrogen and oxygen atoms in total. The molecule has 2 heterocycles. The number of fused-ring (bicyclic) bond motifs is 1. The van der Waals surface area contributed by atoms with Crippen LogP contribution < -0.4 is 5.32 Å². The minimum Gasteiger partial charge on any atom is -0.459 e. The number of hydrogen-bond donors (Lipinski definition) is 1.